The van der Waals surface area contributed by atoms with E-state index in [-0.39, 0.29) is 10.8 Å². The number of ketones is 1. The van der Waals surface area contributed by atoms with Gasteiger partial charge in [-0.15, -0.1) is 0 Å². The van der Waals surface area contributed by atoms with E-state index < -0.39 is 0 Å². The Kier molecular flexibility index (Phi) is 2.87. The molecule has 0 amide bonds. The number of hydrogen-bond donors (Lipinski definition) is 0. The highest BCUT2D eigenvalue weighted by Crippen LogP contribution is 2.73. The van der Waals surface area contributed by atoms with Gasteiger partial charge in [0.15, 0.2) is 5.78 Å². The van der Waals surface area contributed by atoms with Gasteiger partial charge in [0, 0.05) is 6.42 Å². The standard InChI is InChI=1S/C22H29NO/c1-20(13-23)7-6-18-17-12-22(9-10-22)19-11-14(24)3-4-16(19)15(17)5-8-21(18,20)2/h11,15-18H,3-10,12H2,1-2H3/t15-,16-,17-,18+,20-,21+/m1/s1. The number of rotatable bonds is 0. The van der Waals surface area contributed by atoms with Crippen LogP contribution in [0.1, 0.15) is 71.6 Å². The number of nitrogens with zero attached hydrogens (tertiary/aromatic N) is 1. The molecule has 6 atom stereocenters. The highest BCUT2D eigenvalue weighted by atomic mass is 16.1. The number of allylic oxidation sites excluding steroid dienone is 1. The third kappa shape index (κ3) is 1.69. The summed E-state index contributed by atoms with van der Waals surface area (Å²) in [6, 6.07) is 2.72. The van der Waals surface area contributed by atoms with Crippen molar-refractivity contribution in [2.75, 3.05) is 0 Å². The Morgan fingerprint density at radius 3 is 2.58 bits per heavy atom. The van der Waals surface area contributed by atoms with Gasteiger partial charge in [-0.05, 0) is 98.9 Å². The van der Waals surface area contributed by atoms with Crippen LogP contribution >= 0.6 is 0 Å². The van der Waals surface area contributed by atoms with E-state index in [0.29, 0.717) is 17.1 Å². The summed E-state index contributed by atoms with van der Waals surface area (Å²) in [7, 11) is 0. The largest absolute Gasteiger partial charge is 0.295 e. The van der Waals surface area contributed by atoms with Crippen molar-refractivity contribution in [3.63, 3.8) is 0 Å². The van der Waals surface area contributed by atoms with Crippen LogP contribution in [-0.2, 0) is 4.79 Å². The molecule has 4 saturated carbocycles. The fraction of sp³-hybridized carbons (Fsp3) is 0.818. The zero-order chi connectivity index (χ0) is 16.7. The van der Waals surface area contributed by atoms with E-state index in [1.54, 1.807) is 5.57 Å². The molecular formula is C22H29NO. The fourth-order valence-electron chi connectivity index (χ4n) is 7.57. The normalized spacial score (nSPS) is 51.2. The summed E-state index contributed by atoms with van der Waals surface area (Å²) < 4.78 is 0. The van der Waals surface area contributed by atoms with Gasteiger partial charge in [0.05, 0.1) is 11.5 Å². The number of nitriles is 1. The molecule has 0 unspecified atom stereocenters. The van der Waals surface area contributed by atoms with Crippen LogP contribution in [0.5, 0.6) is 0 Å². The molecule has 5 aliphatic rings. The summed E-state index contributed by atoms with van der Waals surface area (Å²) in [5.41, 5.74) is 2.04. The van der Waals surface area contributed by atoms with E-state index in [9.17, 15) is 10.1 Å². The molecule has 0 aromatic carbocycles. The van der Waals surface area contributed by atoms with Crippen LogP contribution in [0.2, 0.25) is 0 Å². The smallest absolute Gasteiger partial charge is 0.155 e. The van der Waals surface area contributed by atoms with E-state index in [4.69, 9.17) is 0 Å². The Morgan fingerprint density at radius 1 is 1.08 bits per heavy atom. The number of carbonyl (C=O) groups is 1. The summed E-state index contributed by atoms with van der Waals surface area (Å²) in [5, 5.41) is 9.86. The highest BCUT2D eigenvalue weighted by Gasteiger charge is 2.65. The number of carbonyl (C=O) groups excluding carboxylic acids is 1. The maximum Gasteiger partial charge on any atom is 0.155 e. The maximum atomic E-state index is 12.0. The molecule has 0 radical (unpaired) electrons. The van der Waals surface area contributed by atoms with Gasteiger partial charge in [0.2, 0.25) is 0 Å². The molecule has 0 aliphatic heterocycles. The molecule has 0 N–H and O–H groups in total. The molecule has 0 heterocycles. The van der Waals surface area contributed by atoms with Crippen molar-refractivity contribution in [1.29, 1.82) is 5.26 Å². The molecule has 0 saturated heterocycles. The van der Waals surface area contributed by atoms with Crippen molar-refractivity contribution in [3.8, 4) is 6.07 Å². The van der Waals surface area contributed by atoms with Crippen LogP contribution in [0.15, 0.2) is 11.6 Å². The molecule has 0 bridgehead atoms. The number of hydrogen-bond acceptors (Lipinski definition) is 2. The van der Waals surface area contributed by atoms with E-state index >= 15 is 0 Å². The molecule has 1 spiro atoms. The summed E-state index contributed by atoms with van der Waals surface area (Å²) in [6.45, 7) is 4.66. The van der Waals surface area contributed by atoms with Crippen molar-refractivity contribution >= 4 is 5.78 Å². The molecule has 0 aromatic rings. The Labute approximate surface area is 145 Å². The molecule has 5 rings (SSSR count). The molecule has 5 aliphatic carbocycles. The van der Waals surface area contributed by atoms with Crippen LogP contribution in [0, 0.1) is 51.2 Å². The van der Waals surface area contributed by atoms with E-state index in [1.165, 1.54) is 38.5 Å². The molecule has 128 valence electrons. The topological polar surface area (TPSA) is 40.9 Å². The summed E-state index contributed by atoms with van der Waals surface area (Å²) >= 11 is 0. The van der Waals surface area contributed by atoms with Crippen LogP contribution in [0.25, 0.3) is 0 Å². The van der Waals surface area contributed by atoms with Crippen LogP contribution in [0.3, 0.4) is 0 Å². The average molecular weight is 323 g/mol. The van der Waals surface area contributed by atoms with Gasteiger partial charge >= 0.3 is 0 Å². The predicted molar refractivity (Wildman–Crippen MR) is 92.9 cm³/mol. The van der Waals surface area contributed by atoms with Crippen molar-refractivity contribution in [2.45, 2.75) is 71.6 Å². The van der Waals surface area contributed by atoms with Crippen molar-refractivity contribution in [1.82, 2.24) is 0 Å². The van der Waals surface area contributed by atoms with Gasteiger partial charge in [-0.25, -0.2) is 0 Å². The molecule has 0 aromatic heterocycles. The minimum absolute atomic E-state index is 0.127. The highest BCUT2D eigenvalue weighted by molar-refractivity contribution is 5.91. The van der Waals surface area contributed by atoms with Crippen LogP contribution in [-0.4, -0.2) is 5.78 Å². The maximum absolute atomic E-state index is 12.0. The van der Waals surface area contributed by atoms with Gasteiger partial charge in [-0.2, -0.15) is 5.26 Å². The second-order valence-electron chi connectivity index (χ2n) is 10.1. The van der Waals surface area contributed by atoms with Gasteiger partial charge < -0.3 is 0 Å². The van der Waals surface area contributed by atoms with Gasteiger partial charge in [0.25, 0.3) is 0 Å². The first kappa shape index (κ1) is 15.2. The van der Waals surface area contributed by atoms with Crippen LogP contribution < -0.4 is 0 Å². The summed E-state index contributed by atoms with van der Waals surface area (Å²) in [5.74, 6) is 3.39. The van der Waals surface area contributed by atoms with Gasteiger partial charge in [-0.1, -0.05) is 12.5 Å². The minimum Gasteiger partial charge on any atom is -0.295 e. The Morgan fingerprint density at radius 2 is 1.88 bits per heavy atom. The van der Waals surface area contributed by atoms with Gasteiger partial charge in [0.1, 0.15) is 0 Å². The van der Waals surface area contributed by atoms with Crippen LogP contribution in [0.4, 0.5) is 0 Å². The molecule has 2 nitrogen and oxygen atoms in total. The molecule has 2 heteroatoms. The van der Waals surface area contributed by atoms with Crippen molar-refractivity contribution < 1.29 is 4.79 Å². The lowest BCUT2D eigenvalue weighted by Gasteiger charge is -2.57. The monoisotopic (exact) mass is 323 g/mol. The SMILES string of the molecule is C[C@]1(C#N)CC[C@H]2[C@@H]3CC4(CC4)C4=CC(=O)CC[C@@H]4[C@H]3CC[C@@]21C. The van der Waals surface area contributed by atoms with E-state index in [0.717, 1.165) is 37.0 Å². The molecule has 4 fully saturated rings. The summed E-state index contributed by atoms with van der Waals surface area (Å²) in [4.78, 5) is 12.0. The Hall–Kier alpha value is -1.10. The zero-order valence-electron chi connectivity index (χ0n) is 15.1. The van der Waals surface area contributed by atoms with E-state index in [1.807, 2.05) is 0 Å². The third-order valence-electron chi connectivity index (χ3n) is 9.37. The Balaban J connectivity index is 1.54. The second kappa shape index (κ2) is 4.54. The predicted octanol–water partition coefficient (Wildman–Crippen LogP) is 5.05. The van der Waals surface area contributed by atoms with Crippen molar-refractivity contribution in [3.05, 3.63) is 11.6 Å². The molecule has 24 heavy (non-hydrogen) atoms. The summed E-state index contributed by atoms with van der Waals surface area (Å²) in [6.07, 6.45) is 12.7. The number of fused-ring (bicyclic) bond motifs is 6. The molecular weight excluding hydrogens is 294 g/mol. The second-order valence-corrected chi connectivity index (χ2v) is 10.1. The average Bonchev–Trinajstić information content (AvgIpc) is 3.28. The quantitative estimate of drug-likeness (QED) is 0.626. The first-order valence-electron chi connectivity index (χ1n) is 10.1. The lowest BCUT2D eigenvalue weighted by molar-refractivity contribution is -0.116. The van der Waals surface area contributed by atoms with Crippen molar-refractivity contribution in [2.24, 2.45) is 39.9 Å². The van der Waals surface area contributed by atoms with E-state index in [2.05, 4.69) is 26.0 Å². The van der Waals surface area contributed by atoms with Gasteiger partial charge in [-0.3, -0.25) is 4.79 Å². The fourth-order valence-corrected chi connectivity index (χ4v) is 7.57. The zero-order valence-corrected chi connectivity index (χ0v) is 15.1. The first-order valence-corrected chi connectivity index (χ1v) is 10.1. The third-order valence-corrected chi connectivity index (χ3v) is 9.37. The lowest BCUT2D eigenvalue weighted by Crippen LogP contribution is -2.50. The lowest BCUT2D eigenvalue weighted by atomic mass is 9.47. The first-order chi connectivity index (χ1) is 11.4. The minimum atomic E-state index is -0.127. The Bertz CT molecular complexity index is 681.